The molecular weight excluding hydrogens is 298 g/mol. The lowest BCUT2D eigenvalue weighted by Gasteiger charge is -2.07. The third-order valence-corrected chi connectivity index (χ3v) is 2.68. The molecule has 0 fully saturated rings. The molecular formula is C14H10F2N2O4. The first-order chi connectivity index (χ1) is 10.5. The van der Waals surface area contributed by atoms with Crippen molar-refractivity contribution in [1.82, 2.24) is 0 Å². The van der Waals surface area contributed by atoms with E-state index in [1.165, 1.54) is 48.5 Å². The van der Waals surface area contributed by atoms with Crippen molar-refractivity contribution in [1.29, 1.82) is 0 Å². The molecule has 0 aromatic heterocycles. The van der Waals surface area contributed by atoms with Crippen LogP contribution in [0.15, 0.2) is 48.5 Å². The van der Waals surface area contributed by atoms with Gasteiger partial charge in [-0.2, -0.15) is 8.78 Å². The normalized spacial score (nSPS) is 10.3. The lowest BCUT2D eigenvalue weighted by molar-refractivity contribution is -0.384. The molecule has 0 spiro atoms. The second-order valence-electron chi connectivity index (χ2n) is 4.16. The topological polar surface area (TPSA) is 81.5 Å². The molecule has 2 aromatic rings. The molecule has 2 rings (SSSR count). The van der Waals surface area contributed by atoms with Crippen molar-refractivity contribution in [3.8, 4) is 5.75 Å². The fraction of sp³-hybridized carbons (Fsp3) is 0.0714. The average Bonchev–Trinajstić information content (AvgIpc) is 2.48. The zero-order valence-corrected chi connectivity index (χ0v) is 11.0. The first-order valence-corrected chi connectivity index (χ1v) is 6.06. The molecule has 0 unspecified atom stereocenters. The van der Waals surface area contributed by atoms with Gasteiger partial charge >= 0.3 is 6.61 Å². The summed E-state index contributed by atoms with van der Waals surface area (Å²) in [4.78, 5) is 21.9. The smallest absolute Gasteiger partial charge is 0.387 e. The van der Waals surface area contributed by atoms with Gasteiger partial charge in [-0.3, -0.25) is 14.9 Å². The summed E-state index contributed by atoms with van der Waals surface area (Å²) in [5, 5.41) is 13.1. The van der Waals surface area contributed by atoms with Crippen LogP contribution < -0.4 is 10.1 Å². The van der Waals surface area contributed by atoms with Gasteiger partial charge in [0.05, 0.1) is 4.92 Å². The fourth-order valence-electron chi connectivity index (χ4n) is 1.66. The van der Waals surface area contributed by atoms with Crippen LogP contribution in [0.2, 0.25) is 0 Å². The van der Waals surface area contributed by atoms with Gasteiger partial charge in [-0.25, -0.2) is 0 Å². The Morgan fingerprint density at radius 1 is 1.09 bits per heavy atom. The van der Waals surface area contributed by atoms with Gasteiger partial charge < -0.3 is 10.1 Å². The van der Waals surface area contributed by atoms with E-state index in [9.17, 15) is 23.7 Å². The molecule has 1 amide bonds. The highest BCUT2D eigenvalue weighted by molar-refractivity contribution is 6.04. The number of halogens is 2. The zero-order chi connectivity index (χ0) is 16.1. The number of nitro benzene ring substituents is 1. The Balaban J connectivity index is 2.03. The molecule has 0 saturated carbocycles. The van der Waals surface area contributed by atoms with Crippen LogP contribution in [0.4, 0.5) is 20.2 Å². The first-order valence-electron chi connectivity index (χ1n) is 6.06. The summed E-state index contributed by atoms with van der Waals surface area (Å²) >= 11 is 0. The van der Waals surface area contributed by atoms with E-state index < -0.39 is 17.4 Å². The monoisotopic (exact) mass is 308 g/mol. The van der Waals surface area contributed by atoms with E-state index >= 15 is 0 Å². The molecule has 8 heteroatoms. The summed E-state index contributed by atoms with van der Waals surface area (Å²) in [5.74, 6) is -0.528. The van der Waals surface area contributed by atoms with E-state index in [4.69, 9.17) is 0 Å². The van der Waals surface area contributed by atoms with Crippen molar-refractivity contribution >= 4 is 17.3 Å². The molecule has 114 valence electrons. The van der Waals surface area contributed by atoms with E-state index in [0.717, 1.165) is 0 Å². The number of hydrogen-bond donors (Lipinski definition) is 1. The molecule has 2 aromatic carbocycles. The Morgan fingerprint density at radius 3 is 2.18 bits per heavy atom. The Kier molecular flexibility index (Phi) is 4.62. The molecule has 1 N–H and O–H groups in total. The molecule has 6 nitrogen and oxygen atoms in total. The Labute approximate surface area is 123 Å². The quantitative estimate of drug-likeness (QED) is 0.677. The van der Waals surface area contributed by atoms with Gasteiger partial charge in [0.25, 0.3) is 11.6 Å². The van der Waals surface area contributed by atoms with Crippen LogP contribution >= 0.6 is 0 Å². The summed E-state index contributed by atoms with van der Waals surface area (Å²) in [7, 11) is 0. The molecule has 0 heterocycles. The number of nitro groups is 1. The number of hydrogen-bond acceptors (Lipinski definition) is 4. The zero-order valence-electron chi connectivity index (χ0n) is 11.0. The number of carbonyl (C=O) groups is 1. The standard InChI is InChI=1S/C14H10F2N2O4/c15-14(16)22-12-7-1-9(2-8-12)13(19)17-10-3-5-11(6-4-10)18(20)21/h1-8,14H,(H,17,19). The Morgan fingerprint density at radius 2 is 1.68 bits per heavy atom. The van der Waals surface area contributed by atoms with Crippen LogP contribution in [-0.4, -0.2) is 17.4 Å². The van der Waals surface area contributed by atoms with Crippen molar-refractivity contribution in [3.63, 3.8) is 0 Å². The molecule has 0 saturated heterocycles. The average molecular weight is 308 g/mol. The number of amides is 1. The van der Waals surface area contributed by atoms with Crippen LogP contribution in [0.5, 0.6) is 5.75 Å². The summed E-state index contributed by atoms with van der Waals surface area (Å²) in [5.41, 5.74) is 0.523. The van der Waals surface area contributed by atoms with E-state index in [-0.39, 0.29) is 17.0 Å². The highest BCUT2D eigenvalue weighted by Gasteiger charge is 2.09. The fourth-order valence-corrected chi connectivity index (χ4v) is 1.66. The maximum Gasteiger partial charge on any atom is 0.387 e. The van der Waals surface area contributed by atoms with Crippen LogP contribution in [-0.2, 0) is 0 Å². The SMILES string of the molecule is O=C(Nc1ccc([N+](=O)[O-])cc1)c1ccc(OC(F)F)cc1. The van der Waals surface area contributed by atoms with E-state index in [2.05, 4.69) is 10.1 Å². The maximum atomic E-state index is 12.0. The summed E-state index contributed by atoms with van der Waals surface area (Å²) in [6.45, 7) is -2.93. The van der Waals surface area contributed by atoms with Crippen molar-refractivity contribution in [2.75, 3.05) is 5.32 Å². The van der Waals surface area contributed by atoms with Crippen LogP contribution in [0.1, 0.15) is 10.4 Å². The number of ether oxygens (including phenoxy) is 1. The molecule has 0 atom stereocenters. The van der Waals surface area contributed by atoms with E-state index in [1.807, 2.05) is 0 Å². The van der Waals surface area contributed by atoms with E-state index in [0.29, 0.717) is 5.69 Å². The highest BCUT2D eigenvalue weighted by Crippen LogP contribution is 2.18. The summed E-state index contributed by atoms with van der Waals surface area (Å²) in [6.07, 6.45) is 0. The first kappa shape index (κ1) is 15.4. The number of benzene rings is 2. The number of non-ortho nitro benzene ring substituents is 1. The number of rotatable bonds is 5. The lowest BCUT2D eigenvalue weighted by Crippen LogP contribution is -2.12. The van der Waals surface area contributed by atoms with E-state index in [1.54, 1.807) is 0 Å². The van der Waals surface area contributed by atoms with Crippen molar-refractivity contribution in [2.45, 2.75) is 6.61 Å². The second kappa shape index (κ2) is 6.61. The summed E-state index contributed by atoms with van der Waals surface area (Å²) in [6, 6.07) is 10.5. The third-order valence-electron chi connectivity index (χ3n) is 2.68. The number of nitrogens with zero attached hydrogens (tertiary/aromatic N) is 1. The predicted molar refractivity (Wildman–Crippen MR) is 74.1 cm³/mol. The van der Waals surface area contributed by atoms with Crippen LogP contribution in [0, 0.1) is 10.1 Å². The largest absolute Gasteiger partial charge is 0.435 e. The Bertz CT molecular complexity index is 672. The number of nitrogens with one attached hydrogen (secondary N) is 1. The minimum absolute atomic E-state index is 0.0538. The van der Waals surface area contributed by atoms with Gasteiger partial charge in [-0.15, -0.1) is 0 Å². The van der Waals surface area contributed by atoms with Crippen LogP contribution in [0.3, 0.4) is 0 Å². The molecule has 0 radical (unpaired) electrons. The van der Waals surface area contributed by atoms with Gasteiger partial charge in [0.1, 0.15) is 5.75 Å². The Hall–Kier alpha value is -3.03. The number of alkyl halides is 2. The maximum absolute atomic E-state index is 12.0. The van der Waals surface area contributed by atoms with Gasteiger partial charge in [-0.05, 0) is 36.4 Å². The van der Waals surface area contributed by atoms with Crippen molar-refractivity contribution in [3.05, 3.63) is 64.2 Å². The molecule has 0 bridgehead atoms. The van der Waals surface area contributed by atoms with Crippen molar-refractivity contribution < 1.29 is 23.2 Å². The number of anilines is 1. The second-order valence-corrected chi connectivity index (χ2v) is 4.16. The summed E-state index contributed by atoms with van der Waals surface area (Å²) < 4.78 is 28.2. The van der Waals surface area contributed by atoms with Gasteiger partial charge in [0, 0.05) is 23.4 Å². The lowest BCUT2D eigenvalue weighted by atomic mass is 10.2. The molecule has 22 heavy (non-hydrogen) atoms. The van der Waals surface area contributed by atoms with Gasteiger partial charge in [-0.1, -0.05) is 0 Å². The van der Waals surface area contributed by atoms with Gasteiger partial charge in [0.15, 0.2) is 0 Å². The minimum atomic E-state index is -2.93. The molecule has 0 aliphatic carbocycles. The minimum Gasteiger partial charge on any atom is -0.435 e. The van der Waals surface area contributed by atoms with Crippen molar-refractivity contribution in [2.24, 2.45) is 0 Å². The van der Waals surface area contributed by atoms with Crippen LogP contribution in [0.25, 0.3) is 0 Å². The third kappa shape index (κ3) is 3.98. The number of carbonyl (C=O) groups excluding carboxylic acids is 1. The van der Waals surface area contributed by atoms with Gasteiger partial charge in [0.2, 0.25) is 0 Å². The highest BCUT2D eigenvalue weighted by atomic mass is 19.3. The molecule has 0 aliphatic rings. The molecule has 0 aliphatic heterocycles. The predicted octanol–water partition coefficient (Wildman–Crippen LogP) is 3.45.